The van der Waals surface area contributed by atoms with E-state index in [0.29, 0.717) is 12.1 Å². The molecule has 0 saturated heterocycles. The summed E-state index contributed by atoms with van der Waals surface area (Å²) in [6, 6.07) is 12.4. The summed E-state index contributed by atoms with van der Waals surface area (Å²) in [5, 5.41) is 15.7. The van der Waals surface area contributed by atoms with Gasteiger partial charge in [-0.15, -0.1) is 0 Å². The number of amides is 1. The second-order valence-corrected chi connectivity index (χ2v) is 5.97. The number of hydrogen-bond donors (Lipinski definition) is 1. The van der Waals surface area contributed by atoms with Gasteiger partial charge in [0, 0.05) is 11.3 Å². The van der Waals surface area contributed by atoms with Gasteiger partial charge in [-0.05, 0) is 35.9 Å². The summed E-state index contributed by atoms with van der Waals surface area (Å²) in [7, 11) is 0. The van der Waals surface area contributed by atoms with Gasteiger partial charge in [0.2, 0.25) is 0 Å². The van der Waals surface area contributed by atoms with E-state index in [-0.39, 0.29) is 17.0 Å². The number of alkyl halides is 3. The third-order valence-electron chi connectivity index (χ3n) is 3.78. The normalized spacial score (nSPS) is 11.0. The van der Waals surface area contributed by atoms with Crippen LogP contribution in [0.1, 0.15) is 21.5 Å². The summed E-state index contributed by atoms with van der Waals surface area (Å²) in [6.07, 6.45) is -1.51. The molecule has 2 aromatic carbocycles. The molecule has 1 N–H and O–H groups in total. The number of nitrogens with one attached hydrogen (secondary N) is 1. The molecule has 0 radical (unpaired) electrons. The van der Waals surface area contributed by atoms with Crippen molar-refractivity contribution in [1.82, 2.24) is 14.8 Å². The number of anilines is 1. The Kier molecular flexibility index (Phi) is 5.78. The Balaban J connectivity index is 1.66. The molecule has 0 saturated carbocycles. The van der Waals surface area contributed by atoms with E-state index in [9.17, 15) is 18.0 Å². The summed E-state index contributed by atoms with van der Waals surface area (Å²) in [5.74, 6) is -0.634. The zero-order chi connectivity index (χ0) is 20.9. The first-order valence-corrected chi connectivity index (χ1v) is 8.30. The zero-order valence-corrected chi connectivity index (χ0v) is 14.8. The Bertz CT molecular complexity index is 1030. The number of carbonyl (C=O) groups is 1. The topological polar surface area (TPSA) is 92.8 Å². The van der Waals surface area contributed by atoms with E-state index in [1.165, 1.54) is 24.5 Å². The van der Waals surface area contributed by atoms with Crippen LogP contribution in [0.25, 0.3) is 0 Å². The number of aromatic nitrogens is 3. The van der Waals surface area contributed by atoms with Crippen molar-refractivity contribution in [3.05, 3.63) is 71.8 Å². The molecule has 1 heterocycles. The molecule has 0 fully saturated rings. The Labute approximate surface area is 163 Å². The van der Waals surface area contributed by atoms with E-state index in [0.717, 1.165) is 5.56 Å². The molecule has 3 aromatic rings. The molecular formula is C19H14F3N5O2. The summed E-state index contributed by atoms with van der Waals surface area (Å²) in [4.78, 5) is 16.2. The van der Waals surface area contributed by atoms with Crippen LogP contribution in [0.3, 0.4) is 0 Å². The van der Waals surface area contributed by atoms with E-state index < -0.39 is 18.7 Å². The van der Waals surface area contributed by atoms with Crippen LogP contribution in [0, 0.1) is 11.3 Å². The Hall–Kier alpha value is -3.87. The number of hydrogen-bond acceptors (Lipinski definition) is 5. The van der Waals surface area contributed by atoms with Gasteiger partial charge in [-0.1, -0.05) is 12.1 Å². The van der Waals surface area contributed by atoms with Crippen molar-refractivity contribution in [2.24, 2.45) is 0 Å². The third-order valence-corrected chi connectivity index (χ3v) is 3.78. The molecule has 0 atom stereocenters. The molecule has 3 rings (SSSR count). The van der Waals surface area contributed by atoms with Crippen molar-refractivity contribution >= 4 is 11.6 Å². The average Bonchev–Trinajstić information content (AvgIpc) is 3.19. The summed E-state index contributed by atoms with van der Waals surface area (Å²) >= 11 is 0. The highest BCUT2D eigenvalue weighted by atomic mass is 19.4. The average molecular weight is 401 g/mol. The van der Waals surface area contributed by atoms with E-state index in [2.05, 4.69) is 20.1 Å². The zero-order valence-electron chi connectivity index (χ0n) is 14.8. The molecule has 29 heavy (non-hydrogen) atoms. The second-order valence-electron chi connectivity index (χ2n) is 5.97. The molecule has 0 bridgehead atoms. The Morgan fingerprint density at radius 1 is 1.21 bits per heavy atom. The highest BCUT2D eigenvalue weighted by Crippen LogP contribution is 2.25. The van der Waals surface area contributed by atoms with Crippen molar-refractivity contribution < 1.29 is 22.7 Å². The summed E-state index contributed by atoms with van der Waals surface area (Å²) in [5.41, 5.74) is 1.45. The monoisotopic (exact) mass is 401 g/mol. The molecule has 10 heteroatoms. The smallest absolute Gasteiger partial charge is 0.422 e. The van der Waals surface area contributed by atoms with Gasteiger partial charge in [0.1, 0.15) is 24.5 Å². The fraction of sp³-hybridized carbons (Fsp3) is 0.158. The number of benzene rings is 2. The highest BCUT2D eigenvalue weighted by molar-refractivity contribution is 6.04. The first kappa shape index (κ1) is 19.9. The van der Waals surface area contributed by atoms with Crippen LogP contribution in [0.15, 0.2) is 55.1 Å². The van der Waals surface area contributed by atoms with Gasteiger partial charge < -0.3 is 10.1 Å². The fourth-order valence-electron chi connectivity index (χ4n) is 2.45. The number of rotatable bonds is 6. The first-order valence-electron chi connectivity index (χ1n) is 8.30. The third kappa shape index (κ3) is 5.55. The first-order chi connectivity index (χ1) is 13.8. The Morgan fingerprint density at radius 3 is 2.59 bits per heavy atom. The predicted molar refractivity (Wildman–Crippen MR) is 96.2 cm³/mol. The number of carbonyl (C=O) groups excluding carboxylic acids is 1. The lowest BCUT2D eigenvalue weighted by Crippen LogP contribution is -2.19. The molecule has 0 spiro atoms. The molecule has 1 amide bonds. The maximum absolute atomic E-state index is 12.4. The van der Waals surface area contributed by atoms with Gasteiger partial charge in [-0.25, -0.2) is 9.67 Å². The molecule has 1 aromatic heterocycles. The molecule has 148 valence electrons. The minimum Gasteiger partial charge on any atom is -0.483 e. The van der Waals surface area contributed by atoms with Crippen LogP contribution < -0.4 is 10.1 Å². The van der Waals surface area contributed by atoms with Gasteiger partial charge in [0.15, 0.2) is 6.61 Å². The molecule has 7 nitrogen and oxygen atoms in total. The summed E-state index contributed by atoms with van der Waals surface area (Å²) < 4.78 is 43.1. The van der Waals surface area contributed by atoms with Crippen LogP contribution in [0.2, 0.25) is 0 Å². The fourth-order valence-corrected chi connectivity index (χ4v) is 2.45. The maximum Gasteiger partial charge on any atom is 0.422 e. The predicted octanol–water partition coefficient (Wildman–Crippen LogP) is 3.39. The van der Waals surface area contributed by atoms with Crippen LogP contribution in [0.5, 0.6) is 5.75 Å². The SMILES string of the molecule is N#Cc1cc(NC(=O)c2ccc(Cn3cncn3)cc2)ccc1OCC(F)(F)F. The van der Waals surface area contributed by atoms with E-state index >= 15 is 0 Å². The van der Waals surface area contributed by atoms with Gasteiger partial charge in [0.05, 0.1) is 12.1 Å². The van der Waals surface area contributed by atoms with Crippen molar-refractivity contribution in [2.75, 3.05) is 11.9 Å². The minimum atomic E-state index is -4.51. The number of nitriles is 1. The lowest BCUT2D eigenvalue weighted by Gasteiger charge is -2.12. The lowest BCUT2D eigenvalue weighted by atomic mass is 10.1. The van der Waals surface area contributed by atoms with Gasteiger partial charge in [-0.3, -0.25) is 4.79 Å². The van der Waals surface area contributed by atoms with Crippen LogP contribution in [-0.2, 0) is 6.54 Å². The second kappa shape index (κ2) is 8.43. The minimum absolute atomic E-state index is 0.116. The number of ether oxygens (including phenoxy) is 1. The molecule has 0 aliphatic carbocycles. The standard InChI is InChI=1S/C19H14F3N5O2/c20-19(21,22)10-29-17-6-5-16(7-15(17)8-23)26-18(28)14-3-1-13(2-4-14)9-27-12-24-11-25-27/h1-7,11-12H,9-10H2,(H,26,28). The largest absolute Gasteiger partial charge is 0.483 e. The van der Waals surface area contributed by atoms with Crippen LogP contribution in [-0.4, -0.2) is 33.5 Å². The maximum atomic E-state index is 12.4. The number of nitrogens with zero attached hydrogens (tertiary/aromatic N) is 4. The van der Waals surface area contributed by atoms with E-state index in [1.807, 2.05) is 0 Å². The lowest BCUT2D eigenvalue weighted by molar-refractivity contribution is -0.153. The van der Waals surface area contributed by atoms with Crippen molar-refractivity contribution in [3.63, 3.8) is 0 Å². The highest BCUT2D eigenvalue weighted by Gasteiger charge is 2.28. The van der Waals surface area contributed by atoms with Crippen molar-refractivity contribution in [3.8, 4) is 11.8 Å². The molecule has 0 aliphatic heterocycles. The quantitative estimate of drug-likeness (QED) is 0.684. The Morgan fingerprint density at radius 2 is 1.97 bits per heavy atom. The van der Waals surface area contributed by atoms with Crippen LogP contribution in [0.4, 0.5) is 18.9 Å². The van der Waals surface area contributed by atoms with Gasteiger partial charge >= 0.3 is 6.18 Å². The van der Waals surface area contributed by atoms with Gasteiger partial charge in [-0.2, -0.15) is 23.5 Å². The molecule has 0 aliphatic rings. The van der Waals surface area contributed by atoms with Crippen molar-refractivity contribution in [2.45, 2.75) is 12.7 Å². The number of halogens is 3. The molecular weight excluding hydrogens is 387 g/mol. The van der Waals surface area contributed by atoms with Crippen LogP contribution >= 0.6 is 0 Å². The molecule has 0 unspecified atom stereocenters. The van der Waals surface area contributed by atoms with Crippen molar-refractivity contribution in [1.29, 1.82) is 5.26 Å². The van der Waals surface area contributed by atoms with E-state index in [4.69, 9.17) is 5.26 Å². The summed E-state index contributed by atoms with van der Waals surface area (Å²) in [6.45, 7) is -0.999. The van der Waals surface area contributed by atoms with Gasteiger partial charge in [0.25, 0.3) is 5.91 Å². The van der Waals surface area contributed by atoms with E-state index in [1.54, 1.807) is 41.3 Å².